The van der Waals surface area contributed by atoms with E-state index in [1.54, 1.807) is 6.92 Å². The Balaban J connectivity index is 2.11. The highest BCUT2D eigenvalue weighted by Gasteiger charge is 2.20. The fourth-order valence-corrected chi connectivity index (χ4v) is 2.12. The van der Waals surface area contributed by atoms with Crippen LogP contribution in [0.25, 0.3) is 0 Å². The van der Waals surface area contributed by atoms with Crippen LogP contribution in [0.2, 0.25) is 0 Å². The topological polar surface area (TPSA) is 107 Å². The van der Waals surface area contributed by atoms with E-state index in [-0.39, 0.29) is 23.1 Å². The van der Waals surface area contributed by atoms with Crippen LogP contribution in [-0.2, 0) is 6.42 Å². The average molecular weight is 287 g/mol. The zero-order chi connectivity index (χ0) is 15.4. The zero-order valence-electron chi connectivity index (χ0n) is 12.0. The second kappa shape index (κ2) is 6.17. The van der Waals surface area contributed by atoms with Gasteiger partial charge in [-0.2, -0.15) is 4.98 Å². The molecule has 0 radical (unpaired) electrons. The molecule has 0 saturated carbocycles. The molecule has 0 aliphatic heterocycles. The van der Waals surface area contributed by atoms with Crippen molar-refractivity contribution in [3.05, 3.63) is 51.2 Å². The monoisotopic (exact) mass is 287 g/mol. The Kier molecular flexibility index (Phi) is 4.32. The molecule has 7 heteroatoms. The molecular formula is C14H17N5O2. The second-order valence-corrected chi connectivity index (χ2v) is 4.79. The molecule has 0 saturated heterocycles. The van der Waals surface area contributed by atoms with Crippen LogP contribution in [0.4, 0.5) is 17.5 Å². The molecule has 3 N–H and O–H groups in total. The van der Waals surface area contributed by atoms with Crippen LogP contribution in [0, 0.1) is 24.0 Å². The molecule has 0 aliphatic rings. The molecule has 0 unspecified atom stereocenters. The van der Waals surface area contributed by atoms with Gasteiger partial charge in [0.15, 0.2) is 0 Å². The van der Waals surface area contributed by atoms with Crippen LogP contribution in [0.3, 0.4) is 0 Å². The Hall–Kier alpha value is -2.70. The summed E-state index contributed by atoms with van der Waals surface area (Å²) in [6, 6.07) is 8.11. The SMILES string of the molecule is Cc1cccc(CCNc2nc(N)nc(C)c2[N+](=O)[O-])c1. The van der Waals surface area contributed by atoms with Crippen molar-refractivity contribution < 1.29 is 4.92 Å². The van der Waals surface area contributed by atoms with Crippen LogP contribution in [0.1, 0.15) is 16.8 Å². The Morgan fingerprint density at radius 3 is 2.76 bits per heavy atom. The third-order valence-electron chi connectivity index (χ3n) is 3.05. The maximum absolute atomic E-state index is 11.1. The van der Waals surface area contributed by atoms with Gasteiger partial charge in [-0.1, -0.05) is 29.8 Å². The molecule has 21 heavy (non-hydrogen) atoms. The largest absolute Gasteiger partial charge is 0.368 e. The van der Waals surface area contributed by atoms with E-state index in [1.165, 1.54) is 5.56 Å². The van der Waals surface area contributed by atoms with Crippen molar-refractivity contribution in [3.8, 4) is 0 Å². The summed E-state index contributed by atoms with van der Waals surface area (Å²) in [6.07, 6.45) is 0.738. The van der Waals surface area contributed by atoms with Gasteiger partial charge in [-0.25, -0.2) is 4.98 Å². The number of nitrogens with two attached hydrogens (primary N) is 1. The molecule has 1 aromatic carbocycles. The van der Waals surface area contributed by atoms with E-state index in [4.69, 9.17) is 5.73 Å². The first-order valence-corrected chi connectivity index (χ1v) is 6.55. The standard InChI is InChI=1S/C14H17N5O2/c1-9-4-3-5-11(8-9)6-7-16-13-12(19(20)21)10(2)17-14(15)18-13/h3-5,8H,6-7H2,1-2H3,(H3,15,16,17,18). The normalized spacial score (nSPS) is 10.4. The fraction of sp³-hybridized carbons (Fsp3) is 0.286. The highest BCUT2D eigenvalue weighted by atomic mass is 16.6. The molecule has 0 spiro atoms. The van der Waals surface area contributed by atoms with Crippen LogP contribution in [0.15, 0.2) is 24.3 Å². The van der Waals surface area contributed by atoms with Crippen molar-refractivity contribution in [1.29, 1.82) is 0 Å². The second-order valence-electron chi connectivity index (χ2n) is 4.79. The third-order valence-corrected chi connectivity index (χ3v) is 3.05. The molecule has 110 valence electrons. The van der Waals surface area contributed by atoms with Crippen molar-refractivity contribution in [1.82, 2.24) is 9.97 Å². The van der Waals surface area contributed by atoms with Crippen molar-refractivity contribution in [2.24, 2.45) is 0 Å². The molecule has 0 bridgehead atoms. The minimum absolute atomic E-state index is 0.0242. The van der Waals surface area contributed by atoms with Crippen LogP contribution in [0.5, 0.6) is 0 Å². The number of benzene rings is 1. The van der Waals surface area contributed by atoms with E-state index < -0.39 is 4.92 Å². The lowest BCUT2D eigenvalue weighted by molar-refractivity contribution is -0.385. The lowest BCUT2D eigenvalue weighted by atomic mass is 10.1. The smallest absolute Gasteiger partial charge is 0.332 e. The van der Waals surface area contributed by atoms with Gasteiger partial charge < -0.3 is 11.1 Å². The molecule has 0 atom stereocenters. The van der Waals surface area contributed by atoms with Crippen LogP contribution >= 0.6 is 0 Å². The number of hydrogen-bond donors (Lipinski definition) is 2. The van der Waals surface area contributed by atoms with Crippen LogP contribution < -0.4 is 11.1 Å². The average Bonchev–Trinajstić information content (AvgIpc) is 2.37. The van der Waals surface area contributed by atoms with Gasteiger partial charge in [-0.05, 0) is 25.8 Å². The van der Waals surface area contributed by atoms with E-state index in [0.717, 1.165) is 12.0 Å². The Labute approximate surface area is 122 Å². The minimum atomic E-state index is -0.496. The Morgan fingerprint density at radius 1 is 1.33 bits per heavy atom. The van der Waals surface area contributed by atoms with Crippen molar-refractivity contribution >= 4 is 17.5 Å². The van der Waals surface area contributed by atoms with Gasteiger partial charge in [0.05, 0.1) is 4.92 Å². The minimum Gasteiger partial charge on any atom is -0.368 e. The first-order valence-electron chi connectivity index (χ1n) is 6.55. The highest BCUT2D eigenvalue weighted by Crippen LogP contribution is 2.25. The summed E-state index contributed by atoms with van der Waals surface area (Å²) in [5, 5.41) is 14.0. The maximum Gasteiger partial charge on any atom is 0.332 e. The number of nitrogens with one attached hydrogen (secondary N) is 1. The fourth-order valence-electron chi connectivity index (χ4n) is 2.12. The maximum atomic E-state index is 11.1. The van der Waals surface area contributed by atoms with E-state index in [2.05, 4.69) is 21.4 Å². The van der Waals surface area contributed by atoms with Crippen molar-refractivity contribution in [2.45, 2.75) is 20.3 Å². The number of rotatable bonds is 5. The summed E-state index contributed by atoms with van der Waals surface area (Å²) in [5.41, 5.74) is 8.01. The predicted octanol–water partition coefficient (Wildman–Crippen LogP) is 2.24. The molecule has 0 fully saturated rings. The number of aryl methyl sites for hydroxylation is 2. The number of nitro groups is 1. The van der Waals surface area contributed by atoms with Crippen molar-refractivity contribution in [3.63, 3.8) is 0 Å². The zero-order valence-corrected chi connectivity index (χ0v) is 12.0. The molecule has 1 aromatic heterocycles. The Bertz CT molecular complexity index is 672. The summed E-state index contributed by atoms with van der Waals surface area (Å²) in [7, 11) is 0. The van der Waals surface area contributed by atoms with Crippen molar-refractivity contribution in [2.75, 3.05) is 17.6 Å². The lowest BCUT2D eigenvalue weighted by Crippen LogP contribution is -2.12. The van der Waals surface area contributed by atoms with E-state index in [9.17, 15) is 10.1 Å². The summed E-state index contributed by atoms with van der Waals surface area (Å²) in [4.78, 5) is 18.3. The summed E-state index contributed by atoms with van der Waals surface area (Å²) < 4.78 is 0. The summed E-state index contributed by atoms with van der Waals surface area (Å²) in [6.45, 7) is 4.10. The van der Waals surface area contributed by atoms with E-state index in [1.807, 2.05) is 25.1 Å². The lowest BCUT2D eigenvalue weighted by Gasteiger charge is -2.08. The van der Waals surface area contributed by atoms with Gasteiger partial charge in [-0.15, -0.1) is 0 Å². The summed E-state index contributed by atoms with van der Waals surface area (Å²) in [5.74, 6) is 0.189. The number of hydrogen-bond acceptors (Lipinski definition) is 6. The van der Waals surface area contributed by atoms with Crippen LogP contribution in [-0.4, -0.2) is 21.4 Å². The predicted molar refractivity (Wildman–Crippen MR) is 81.2 cm³/mol. The molecular weight excluding hydrogens is 270 g/mol. The number of anilines is 2. The molecule has 0 amide bonds. The first-order chi connectivity index (χ1) is 9.97. The summed E-state index contributed by atoms with van der Waals surface area (Å²) >= 11 is 0. The van der Waals surface area contributed by atoms with Gasteiger partial charge in [0.1, 0.15) is 5.69 Å². The molecule has 7 nitrogen and oxygen atoms in total. The van der Waals surface area contributed by atoms with Gasteiger partial charge in [0, 0.05) is 6.54 Å². The number of nitrogen functional groups attached to an aromatic ring is 1. The molecule has 0 aliphatic carbocycles. The van der Waals surface area contributed by atoms with Gasteiger partial charge in [-0.3, -0.25) is 10.1 Å². The number of nitrogens with zero attached hydrogens (tertiary/aromatic N) is 3. The molecule has 2 rings (SSSR count). The Morgan fingerprint density at radius 2 is 2.10 bits per heavy atom. The number of aromatic nitrogens is 2. The van der Waals surface area contributed by atoms with E-state index in [0.29, 0.717) is 6.54 Å². The molecule has 1 heterocycles. The van der Waals surface area contributed by atoms with E-state index >= 15 is 0 Å². The highest BCUT2D eigenvalue weighted by molar-refractivity contribution is 5.60. The van der Waals surface area contributed by atoms with Gasteiger partial charge >= 0.3 is 5.69 Å². The van der Waals surface area contributed by atoms with Gasteiger partial charge in [0.2, 0.25) is 11.8 Å². The third kappa shape index (κ3) is 3.65. The quantitative estimate of drug-likeness (QED) is 0.645. The van der Waals surface area contributed by atoms with Gasteiger partial charge in [0.25, 0.3) is 0 Å². The first kappa shape index (κ1) is 14.7. The molecule has 2 aromatic rings.